The zero-order valence-corrected chi connectivity index (χ0v) is 10.3. The molecule has 0 radical (unpaired) electrons. The summed E-state index contributed by atoms with van der Waals surface area (Å²) in [6.07, 6.45) is 1.70. The van der Waals surface area contributed by atoms with Gasteiger partial charge in [0, 0.05) is 25.1 Å². The number of nitrogens with one attached hydrogen (secondary N) is 1. The molecule has 16 heavy (non-hydrogen) atoms. The van der Waals surface area contributed by atoms with Crippen molar-refractivity contribution in [1.29, 1.82) is 0 Å². The Kier molecular flexibility index (Phi) is 4.32. The number of hydrogen-bond donors (Lipinski definition) is 2. The van der Waals surface area contributed by atoms with Crippen LogP contribution in [0.15, 0.2) is 23.1 Å². The highest BCUT2D eigenvalue weighted by Gasteiger charge is 2.10. The standard InChI is InChI=1S/C11H17NO3S/c1-3-12-11-8-10(16(2,14)15)5-4-9(11)6-7-13/h4-5,8,12-13H,3,6-7H2,1-2H3. The lowest BCUT2D eigenvalue weighted by molar-refractivity contribution is 0.300. The molecule has 0 fully saturated rings. The number of rotatable bonds is 5. The van der Waals surface area contributed by atoms with E-state index < -0.39 is 9.84 Å². The highest BCUT2D eigenvalue weighted by molar-refractivity contribution is 7.90. The van der Waals surface area contributed by atoms with Gasteiger partial charge in [0.15, 0.2) is 9.84 Å². The summed E-state index contributed by atoms with van der Waals surface area (Å²) in [6.45, 7) is 2.71. The van der Waals surface area contributed by atoms with Crippen LogP contribution in [0.3, 0.4) is 0 Å². The first-order chi connectivity index (χ1) is 7.49. The summed E-state index contributed by atoms with van der Waals surface area (Å²) in [7, 11) is -3.18. The van der Waals surface area contributed by atoms with Gasteiger partial charge in [0.25, 0.3) is 0 Å². The van der Waals surface area contributed by atoms with Gasteiger partial charge in [0.2, 0.25) is 0 Å². The van der Waals surface area contributed by atoms with E-state index in [4.69, 9.17) is 5.11 Å². The second-order valence-corrected chi connectivity index (χ2v) is 5.61. The first-order valence-electron chi connectivity index (χ1n) is 5.16. The van der Waals surface area contributed by atoms with Crippen molar-refractivity contribution in [2.24, 2.45) is 0 Å². The molecule has 0 heterocycles. The molecule has 1 aromatic rings. The third kappa shape index (κ3) is 3.21. The van der Waals surface area contributed by atoms with Crippen LogP contribution in [0, 0.1) is 0 Å². The molecule has 90 valence electrons. The predicted octanol–water partition coefficient (Wildman–Crippen LogP) is 1.06. The molecule has 0 amide bonds. The maximum atomic E-state index is 11.4. The fourth-order valence-corrected chi connectivity index (χ4v) is 2.13. The van der Waals surface area contributed by atoms with Gasteiger partial charge >= 0.3 is 0 Å². The third-order valence-electron chi connectivity index (χ3n) is 2.26. The van der Waals surface area contributed by atoms with Crippen molar-refractivity contribution in [2.45, 2.75) is 18.2 Å². The van der Waals surface area contributed by atoms with Crippen molar-refractivity contribution in [3.63, 3.8) is 0 Å². The second kappa shape index (κ2) is 5.32. The summed E-state index contributed by atoms with van der Waals surface area (Å²) in [6, 6.07) is 4.93. The maximum Gasteiger partial charge on any atom is 0.175 e. The highest BCUT2D eigenvalue weighted by atomic mass is 32.2. The maximum absolute atomic E-state index is 11.4. The summed E-state index contributed by atoms with van der Waals surface area (Å²) in [5.74, 6) is 0. The second-order valence-electron chi connectivity index (χ2n) is 3.60. The van der Waals surface area contributed by atoms with Gasteiger partial charge in [-0.3, -0.25) is 0 Å². The molecule has 0 aliphatic heterocycles. The minimum absolute atomic E-state index is 0.0522. The Bertz CT molecular complexity index is 454. The SMILES string of the molecule is CCNc1cc(S(C)(=O)=O)ccc1CCO. The third-order valence-corrected chi connectivity index (χ3v) is 3.37. The van der Waals surface area contributed by atoms with Gasteiger partial charge in [0.1, 0.15) is 0 Å². The van der Waals surface area contributed by atoms with E-state index in [9.17, 15) is 8.42 Å². The summed E-state index contributed by atoms with van der Waals surface area (Å²) < 4.78 is 22.8. The summed E-state index contributed by atoms with van der Waals surface area (Å²) in [5, 5.41) is 12.0. The first-order valence-corrected chi connectivity index (χ1v) is 7.06. The highest BCUT2D eigenvalue weighted by Crippen LogP contribution is 2.21. The molecule has 0 saturated carbocycles. The molecular weight excluding hydrogens is 226 g/mol. The average Bonchev–Trinajstić information content (AvgIpc) is 2.19. The normalized spacial score (nSPS) is 11.4. The zero-order chi connectivity index (χ0) is 12.2. The number of aliphatic hydroxyl groups is 1. The van der Waals surface area contributed by atoms with Crippen LogP contribution in [0.5, 0.6) is 0 Å². The Labute approximate surface area is 96.2 Å². The Morgan fingerprint density at radius 1 is 1.38 bits per heavy atom. The lowest BCUT2D eigenvalue weighted by Gasteiger charge is -2.11. The zero-order valence-electron chi connectivity index (χ0n) is 9.53. The topological polar surface area (TPSA) is 66.4 Å². The molecule has 0 aliphatic carbocycles. The summed E-state index contributed by atoms with van der Waals surface area (Å²) in [5.41, 5.74) is 1.70. The van der Waals surface area contributed by atoms with Crippen molar-refractivity contribution in [1.82, 2.24) is 0 Å². The summed E-state index contributed by atoms with van der Waals surface area (Å²) >= 11 is 0. The molecule has 0 aromatic heterocycles. The molecule has 1 rings (SSSR count). The number of hydrogen-bond acceptors (Lipinski definition) is 4. The molecule has 0 aliphatic rings. The molecule has 2 N–H and O–H groups in total. The number of benzene rings is 1. The van der Waals surface area contributed by atoms with Crippen LogP contribution in [-0.4, -0.2) is 32.9 Å². The minimum atomic E-state index is -3.18. The molecular formula is C11H17NO3S. The van der Waals surface area contributed by atoms with Gasteiger partial charge in [-0.25, -0.2) is 8.42 Å². The van der Waals surface area contributed by atoms with Crippen LogP contribution in [-0.2, 0) is 16.3 Å². The van der Waals surface area contributed by atoms with Crippen molar-refractivity contribution >= 4 is 15.5 Å². The van der Waals surface area contributed by atoms with Crippen LogP contribution in [0.25, 0.3) is 0 Å². The van der Waals surface area contributed by atoms with E-state index >= 15 is 0 Å². The Balaban J connectivity index is 3.17. The molecule has 0 unspecified atom stereocenters. The molecule has 0 spiro atoms. The van der Waals surface area contributed by atoms with Crippen molar-refractivity contribution in [2.75, 3.05) is 24.7 Å². The fourth-order valence-electron chi connectivity index (χ4n) is 1.48. The first kappa shape index (κ1) is 13.0. The van der Waals surface area contributed by atoms with E-state index in [0.29, 0.717) is 17.9 Å². The van der Waals surface area contributed by atoms with Crippen LogP contribution >= 0.6 is 0 Å². The average molecular weight is 243 g/mol. The quantitative estimate of drug-likeness (QED) is 0.811. The number of sulfone groups is 1. The van der Waals surface area contributed by atoms with Gasteiger partial charge in [-0.2, -0.15) is 0 Å². The largest absolute Gasteiger partial charge is 0.396 e. The van der Waals surface area contributed by atoms with Gasteiger partial charge in [-0.1, -0.05) is 6.07 Å². The van der Waals surface area contributed by atoms with Crippen LogP contribution in [0.2, 0.25) is 0 Å². The Morgan fingerprint density at radius 2 is 2.06 bits per heavy atom. The monoisotopic (exact) mass is 243 g/mol. The van der Waals surface area contributed by atoms with Crippen molar-refractivity contribution in [3.05, 3.63) is 23.8 Å². The van der Waals surface area contributed by atoms with Gasteiger partial charge < -0.3 is 10.4 Å². The molecule has 1 aromatic carbocycles. The van der Waals surface area contributed by atoms with Crippen molar-refractivity contribution in [3.8, 4) is 0 Å². The molecule has 5 heteroatoms. The Hall–Kier alpha value is -1.07. The number of aliphatic hydroxyl groups excluding tert-OH is 1. The van der Waals surface area contributed by atoms with E-state index in [0.717, 1.165) is 11.3 Å². The molecule has 4 nitrogen and oxygen atoms in total. The minimum Gasteiger partial charge on any atom is -0.396 e. The molecule has 0 bridgehead atoms. The van der Waals surface area contributed by atoms with Crippen LogP contribution in [0.4, 0.5) is 5.69 Å². The van der Waals surface area contributed by atoms with Crippen molar-refractivity contribution < 1.29 is 13.5 Å². The van der Waals surface area contributed by atoms with Gasteiger partial charge in [-0.15, -0.1) is 0 Å². The lowest BCUT2D eigenvalue weighted by Crippen LogP contribution is -2.05. The van der Waals surface area contributed by atoms with Gasteiger partial charge in [-0.05, 0) is 31.0 Å². The Morgan fingerprint density at radius 3 is 2.56 bits per heavy atom. The van der Waals surface area contributed by atoms with E-state index in [1.165, 1.54) is 6.26 Å². The predicted molar refractivity (Wildman–Crippen MR) is 64.5 cm³/mol. The lowest BCUT2D eigenvalue weighted by atomic mass is 10.1. The number of anilines is 1. The van der Waals surface area contributed by atoms with E-state index in [1.807, 2.05) is 6.92 Å². The van der Waals surface area contributed by atoms with Gasteiger partial charge in [0.05, 0.1) is 4.90 Å². The van der Waals surface area contributed by atoms with E-state index in [2.05, 4.69) is 5.32 Å². The molecule has 0 saturated heterocycles. The van der Waals surface area contributed by atoms with Crippen LogP contribution < -0.4 is 5.32 Å². The van der Waals surface area contributed by atoms with Crippen LogP contribution in [0.1, 0.15) is 12.5 Å². The fraction of sp³-hybridized carbons (Fsp3) is 0.455. The summed E-state index contributed by atoms with van der Waals surface area (Å²) in [4.78, 5) is 0.296. The van der Waals surface area contributed by atoms with E-state index in [1.54, 1.807) is 18.2 Å². The van der Waals surface area contributed by atoms with E-state index in [-0.39, 0.29) is 6.61 Å². The smallest absolute Gasteiger partial charge is 0.175 e. The molecule has 0 atom stereocenters.